The number of hydrogen-bond acceptors (Lipinski definition) is 5. The Kier molecular flexibility index (Phi) is 3.83. The van der Waals surface area contributed by atoms with E-state index < -0.39 is 10.0 Å². The molecule has 2 rings (SSSR count). The van der Waals surface area contributed by atoms with Crippen molar-refractivity contribution in [3.63, 3.8) is 0 Å². The lowest BCUT2D eigenvalue weighted by Crippen LogP contribution is -2.14. The first kappa shape index (κ1) is 13.9. The van der Waals surface area contributed by atoms with Crippen molar-refractivity contribution in [3.8, 4) is 6.01 Å². The molecule has 0 aliphatic heterocycles. The van der Waals surface area contributed by atoms with Crippen molar-refractivity contribution in [2.24, 2.45) is 0 Å². The highest BCUT2D eigenvalue weighted by molar-refractivity contribution is 7.92. The summed E-state index contributed by atoms with van der Waals surface area (Å²) in [6.45, 7) is 0. The normalized spacial score (nSPS) is 11.3. The summed E-state index contributed by atoms with van der Waals surface area (Å²) in [5, 5.41) is 6.04. The predicted molar refractivity (Wildman–Crippen MR) is 70.2 cm³/mol. The van der Waals surface area contributed by atoms with E-state index in [9.17, 15) is 8.42 Å². The maximum absolute atomic E-state index is 12.1. The quantitative estimate of drug-likeness (QED) is 0.896. The smallest absolute Gasteiger partial charge is 0.336 e. The van der Waals surface area contributed by atoms with Gasteiger partial charge in [-0.2, -0.15) is 4.98 Å². The van der Waals surface area contributed by atoms with Gasteiger partial charge in [-0.3, -0.25) is 0 Å². The Morgan fingerprint density at radius 3 is 2.74 bits per heavy atom. The molecular formula is C9H8Cl2N4O3S. The van der Waals surface area contributed by atoms with Gasteiger partial charge < -0.3 is 4.74 Å². The highest BCUT2D eigenvalue weighted by Gasteiger charge is 2.21. The maximum Gasteiger partial charge on any atom is 0.336 e. The summed E-state index contributed by atoms with van der Waals surface area (Å²) in [4.78, 5) is 3.58. The van der Waals surface area contributed by atoms with Gasteiger partial charge in [0.2, 0.25) is 5.95 Å². The number of nitrogens with zero attached hydrogens (tertiary/aromatic N) is 2. The molecule has 0 aliphatic rings. The number of hydrogen-bond donors (Lipinski definition) is 2. The molecule has 0 bridgehead atoms. The molecular weight excluding hydrogens is 315 g/mol. The van der Waals surface area contributed by atoms with Crippen LogP contribution >= 0.6 is 23.2 Å². The maximum atomic E-state index is 12.1. The fourth-order valence-corrected chi connectivity index (χ4v) is 2.98. The number of rotatable bonds is 4. The van der Waals surface area contributed by atoms with Crippen LogP contribution in [0.5, 0.6) is 6.01 Å². The van der Waals surface area contributed by atoms with E-state index in [1.54, 1.807) is 0 Å². The van der Waals surface area contributed by atoms with Crippen LogP contribution in [0.1, 0.15) is 0 Å². The van der Waals surface area contributed by atoms with Gasteiger partial charge in [-0.25, -0.2) is 18.2 Å². The minimum atomic E-state index is -3.92. The van der Waals surface area contributed by atoms with Crippen LogP contribution in [0.3, 0.4) is 0 Å². The van der Waals surface area contributed by atoms with Crippen molar-refractivity contribution in [1.82, 2.24) is 15.2 Å². The van der Waals surface area contributed by atoms with Gasteiger partial charge in [0, 0.05) is 0 Å². The summed E-state index contributed by atoms with van der Waals surface area (Å²) in [5.41, 5.74) is 0. The Bertz CT molecular complexity index is 701. The van der Waals surface area contributed by atoms with Gasteiger partial charge in [0.15, 0.2) is 0 Å². The van der Waals surface area contributed by atoms with E-state index in [4.69, 9.17) is 27.9 Å². The van der Waals surface area contributed by atoms with Gasteiger partial charge in [0.25, 0.3) is 10.0 Å². The van der Waals surface area contributed by atoms with E-state index in [0.29, 0.717) is 0 Å². The average Bonchev–Trinajstić information content (AvgIpc) is 2.79. The molecule has 0 spiro atoms. The third-order valence-electron chi connectivity index (χ3n) is 2.08. The van der Waals surface area contributed by atoms with E-state index in [1.165, 1.54) is 25.3 Å². The monoisotopic (exact) mass is 322 g/mol. The fraction of sp³-hybridized carbons (Fsp3) is 0.111. The van der Waals surface area contributed by atoms with Crippen molar-refractivity contribution in [1.29, 1.82) is 0 Å². The lowest BCUT2D eigenvalue weighted by Gasteiger charge is -2.07. The third-order valence-corrected chi connectivity index (χ3v) is 4.40. The number of methoxy groups -OCH3 is 1. The molecule has 2 N–H and O–H groups in total. The van der Waals surface area contributed by atoms with E-state index in [1.807, 2.05) is 0 Å². The number of H-pyrrole nitrogens is 1. The number of aromatic nitrogens is 3. The second kappa shape index (κ2) is 5.24. The van der Waals surface area contributed by atoms with Crippen LogP contribution in [0, 0.1) is 0 Å². The van der Waals surface area contributed by atoms with Crippen LogP contribution < -0.4 is 9.46 Å². The summed E-state index contributed by atoms with van der Waals surface area (Å²) < 4.78 is 31.1. The number of benzene rings is 1. The van der Waals surface area contributed by atoms with Crippen LogP contribution in [-0.2, 0) is 10.0 Å². The summed E-state index contributed by atoms with van der Waals surface area (Å²) in [6, 6.07) is 4.30. The summed E-state index contributed by atoms with van der Waals surface area (Å²) >= 11 is 11.6. The molecule has 0 saturated heterocycles. The van der Waals surface area contributed by atoms with Gasteiger partial charge in [0.05, 0.1) is 17.2 Å². The zero-order valence-corrected chi connectivity index (χ0v) is 11.8. The Balaban J connectivity index is 2.35. The van der Waals surface area contributed by atoms with E-state index in [0.717, 1.165) is 0 Å². The van der Waals surface area contributed by atoms with Gasteiger partial charge in [-0.05, 0) is 12.1 Å². The first-order valence-electron chi connectivity index (χ1n) is 4.87. The summed E-state index contributed by atoms with van der Waals surface area (Å²) in [7, 11) is -2.56. The van der Waals surface area contributed by atoms with E-state index >= 15 is 0 Å². The standard InChI is InChI=1S/C9H8Cl2N4O3S/c1-18-9-12-8(13-14-9)15-19(16,17)6-4-2-3-5(10)7(6)11/h2-4H,1H3,(H2,12,13,14,15). The number of sulfonamides is 1. The molecule has 7 nitrogen and oxygen atoms in total. The number of aromatic amines is 1. The Hall–Kier alpha value is -1.51. The number of halogens is 2. The van der Waals surface area contributed by atoms with Crippen molar-refractivity contribution >= 4 is 39.2 Å². The molecule has 1 aromatic carbocycles. The van der Waals surface area contributed by atoms with Crippen LogP contribution in [0.15, 0.2) is 23.1 Å². The first-order valence-corrected chi connectivity index (χ1v) is 7.11. The minimum Gasteiger partial charge on any atom is -0.466 e. The number of nitrogens with one attached hydrogen (secondary N) is 2. The highest BCUT2D eigenvalue weighted by atomic mass is 35.5. The molecule has 2 aromatic rings. The predicted octanol–water partition coefficient (Wildman–Crippen LogP) is 1.92. The van der Waals surface area contributed by atoms with Crippen molar-refractivity contribution < 1.29 is 13.2 Å². The Morgan fingerprint density at radius 1 is 1.37 bits per heavy atom. The lowest BCUT2D eigenvalue weighted by atomic mass is 10.4. The van der Waals surface area contributed by atoms with Crippen molar-refractivity contribution in [2.75, 3.05) is 11.8 Å². The number of ether oxygens (including phenoxy) is 1. The molecule has 19 heavy (non-hydrogen) atoms. The second-order valence-electron chi connectivity index (χ2n) is 3.33. The van der Waals surface area contributed by atoms with Gasteiger partial charge >= 0.3 is 6.01 Å². The third kappa shape index (κ3) is 2.91. The van der Waals surface area contributed by atoms with Crippen LogP contribution in [0.4, 0.5) is 5.95 Å². The van der Waals surface area contributed by atoms with Gasteiger partial charge in [0.1, 0.15) is 4.90 Å². The largest absolute Gasteiger partial charge is 0.466 e. The molecule has 1 heterocycles. The van der Waals surface area contributed by atoms with Crippen molar-refractivity contribution in [3.05, 3.63) is 28.2 Å². The fourth-order valence-electron chi connectivity index (χ4n) is 1.26. The summed E-state index contributed by atoms with van der Waals surface area (Å²) in [5.74, 6) is -0.0899. The number of anilines is 1. The molecule has 0 radical (unpaired) electrons. The molecule has 0 saturated carbocycles. The van der Waals surface area contributed by atoms with Crippen LogP contribution in [-0.4, -0.2) is 30.7 Å². The molecule has 0 aliphatic carbocycles. The van der Waals surface area contributed by atoms with E-state index in [-0.39, 0.29) is 26.9 Å². The zero-order valence-electron chi connectivity index (χ0n) is 9.52. The lowest BCUT2D eigenvalue weighted by molar-refractivity contribution is 0.382. The van der Waals surface area contributed by atoms with Crippen LogP contribution in [0.25, 0.3) is 0 Å². The topological polar surface area (TPSA) is 97.0 Å². The Morgan fingerprint density at radius 2 is 2.11 bits per heavy atom. The zero-order chi connectivity index (χ0) is 14.0. The molecule has 102 valence electrons. The van der Waals surface area contributed by atoms with Crippen LogP contribution in [0.2, 0.25) is 10.0 Å². The SMILES string of the molecule is COc1n[nH]c(NS(=O)(=O)c2cccc(Cl)c2Cl)n1. The average molecular weight is 323 g/mol. The minimum absolute atomic E-state index is 0.00916. The van der Waals surface area contributed by atoms with Gasteiger partial charge in [-0.15, -0.1) is 5.10 Å². The molecule has 0 atom stereocenters. The van der Waals surface area contributed by atoms with Crippen molar-refractivity contribution in [2.45, 2.75) is 4.90 Å². The highest BCUT2D eigenvalue weighted by Crippen LogP contribution is 2.29. The van der Waals surface area contributed by atoms with E-state index in [2.05, 4.69) is 19.9 Å². The summed E-state index contributed by atoms with van der Waals surface area (Å²) in [6.07, 6.45) is 0. The molecule has 0 amide bonds. The molecule has 10 heteroatoms. The van der Waals surface area contributed by atoms with Gasteiger partial charge in [-0.1, -0.05) is 29.3 Å². The molecule has 1 aromatic heterocycles. The molecule has 0 unspecified atom stereocenters. The molecule has 0 fully saturated rings. The Labute approximate surface area is 119 Å². The second-order valence-corrected chi connectivity index (χ2v) is 5.76. The first-order chi connectivity index (χ1) is 8.94.